The summed E-state index contributed by atoms with van der Waals surface area (Å²) in [6.45, 7) is 4.38. The first kappa shape index (κ1) is 17.9. The molecule has 2 fully saturated rings. The highest BCUT2D eigenvalue weighted by Gasteiger charge is 2.33. The van der Waals surface area contributed by atoms with Crippen LogP contribution in [0.2, 0.25) is 0 Å². The van der Waals surface area contributed by atoms with Crippen molar-refractivity contribution >= 4 is 22.6 Å². The molecule has 1 unspecified atom stereocenters. The molecule has 0 aliphatic carbocycles. The molecule has 2 aliphatic rings. The smallest absolute Gasteiger partial charge is 0.237 e. The van der Waals surface area contributed by atoms with Crippen LogP contribution in [0.25, 0.3) is 10.8 Å². The average molecular weight is 367 g/mol. The molecule has 0 aromatic heterocycles. The highest BCUT2D eigenvalue weighted by molar-refractivity contribution is 5.89. The number of amides is 2. The summed E-state index contributed by atoms with van der Waals surface area (Å²) >= 11 is 0. The van der Waals surface area contributed by atoms with Crippen molar-refractivity contribution in [3.05, 3.63) is 48.0 Å². The van der Waals surface area contributed by atoms with E-state index < -0.39 is 6.04 Å². The van der Waals surface area contributed by atoms with E-state index in [-0.39, 0.29) is 18.2 Å². The Hall–Kier alpha value is -2.44. The third-order valence-electron chi connectivity index (χ3n) is 5.43. The quantitative estimate of drug-likeness (QED) is 0.887. The van der Waals surface area contributed by atoms with Crippen molar-refractivity contribution in [2.24, 2.45) is 0 Å². The van der Waals surface area contributed by atoms with Crippen molar-refractivity contribution in [1.29, 1.82) is 0 Å². The second kappa shape index (κ2) is 8.06. The third kappa shape index (κ3) is 3.96. The Morgan fingerprint density at radius 2 is 1.85 bits per heavy atom. The number of hydrogen-bond donors (Lipinski definition) is 1. The molecular formula is C21H25N3O3. The second-order valence-corrected chi connectivity index (χ2v) is 7.11. The molecule has 142 valence electrons. The highest BCUT2D eigenvalue weighted by atomic mass is 16.5. The zero-order chi connectivity index (χ0) is 18.6. The Bertz CT molecular complexity index is 827. The van der Waals surface area contributed by atoms with Gasteiger partial charge in [0.1, 0.15) is 0 Å². The number of carbonyl (C=O) groups excluding carboxylic acids is 2. The van der Waals surface area contributed by atoms with Gasteiger partial charge in [0, 0.05) is 32.7 Å². The van der Waals surface area contributed by atoms with E-state index in [1.807, 2.05) is 17.0 Å². The van der Waals surface area contributed by atoms with Crippen LogP contribution >= 0.6 is 0 Å². The molecule has 2 heterocycles. The number of nitrogens with one attached hydrogen (secondary N) is 1. The number of morpholine rings is 1. The number of hydrogen-bond acceptors (Lipinski definition) is 4. The Morgan fingerprint density at radius 1 is 1.07 bits per heavy atom. The topological polar surface area (TPSA) is 61.9 Å². The summed E-state index contributed by atoms with van der Waals surface area (Å²) in [6, 6.07) is 14.1. The summed E-state index contributed by atoms with van der Waals surface area (Å²) in [5, 5.41) is 5.31. The number of fused-ring (bicyclic) bond motifs is 1. The van der Waals surface area contributed by atoms with Crippen molar-refractivity contribution in [2.45, 2.75) is 19.0 Å². The zero-order valence-corrected chi connectivity index (χ0v) is 15.4. The molecule has 0 bridgehead atoms. The number of nitrogens with zero attached hydrogens (tertiary/aromatic N) is 2. The zero-order valence-electron chi connectivity index (χ0n) is 15.4. The normalized spacial score (nSPS) is 21.3. The molecule has 2 aliphatic heterocycles. The van der Waals surface area contributed by atoms with E-state index in [1.165, 1.54) is 16.3 Å². The van der Waals surface area contributed by atoms with Crippen molar-refractivity contribution < 1.29 is 14.3 Å². The van der Waals surface area contributed by atoms with Crippen molar-refractivity contribution in [3.63, 3.8) is 0 Å². The van der Waals surface area contributed by atoms with Crippen molar-refractivity contribution in [1.82, 2.24) is 15.1 Å². The number of ether oxygens (including phenoxy) is 1. The van der Waals surface area contributed by atoms with Gasteiger partial charge in [-0.3, -0.25) is 14.5 Å². The van der Waals surface area contributed by atoms with Gasteiger partial charge in [-0.1, -0.05) is 42.5 Å². The van der Waals surface area contributed by atoms with Crippen LogP contribution in [0.5, 0.6) is 0 Å². The monoisotopic (exact) mass is 367 g/mol. The summed E-state index contributed by atoms with van der Waals surface area (Å²) in [5.74, 6) is -0.0219. The van der Waals surface area contributed by atoms with Crippen LogP contribution in [0.4, 0.5) is 0 Å². The summed E-state index contributed by atoms with van der Waals surface area (Å²) in [5.41, 5.74) is 1.19. The maximum Gasteiger partial charge on any atom is 0.237 e. The van der Waals surface area contributed by atoms with Gasteiger partial charge in [0.25, 0.3) is 0 Å². The minimum atomic E-state index is -0.423. The molecule has 1 atom stereocenters. The number of rotatable bonds is 4. The van der Waals surface area contributed by atoms with E-state index >= 15 is 0 Å². The van der Waals surface area contributed by atoms with Gasteiger partial charge in [-0.15, -0.1) is 0 Å². The lowest BCUT2D eigenvalue weighted by molar-refractivity contribution is -0.141. The molecule has 0 spiro atoms. The number of benzene rings is 2. The first-order chi connectivity index (χ1) is 13.2. The van der Waals surface area contributed by atoms with Gasteiger partial charge in [-0.25, -0.2) is 0 Å². The predicted molar refractivity (Wildman–Crippen MR) is 103 cm³/mol. The Morgan fingerprint density at radius 3 is 2.70 bits per heavy atom. The van der Waals surface area contributed by atoms with Crippen molar-refractivity contribution in [2.75, 3.05) is 39.4 Å². The molecule has 2 aromatic rings. The van der Waals surface area contributed by atoms with E-state index in [4.69, 9.17) is 4.74 Å². The maximum atomic E-state index is 12.7. The van der Waals surface area contributed by atoms with Gasteiger partial charge < -0.3 is 15.0 Å². The molecule has 2 saturated heterocycles. The van der Waals surface area contributed by atoms with Crippen LogP contribution < -0.4 is 5.32 Å². The highest BCUT2D eigenvalue weighted by Crippen LogP contribution is 2.22. The van der Waals surface area contributed by atoms with Gasteiger partial charge in [0.2, 0.25) is 11.8 Å². The Kier molecular flexibility index (Phi) is 5.36. The van der Waals surface area contributed by atoms with Gasteiger partial charge in [0.05, 0.1) is 25.7 Å². The lowest BCUT2D eigenvalue weighted by Gasteiger charge is -2.36. The van der Waals surface area contributed by atoms with Gasteiger partial charge in [0.15, 0.2) is 0 Å². The van der Waals surface area contributed by atoms with E-state index in [9.17, 15) is 9.59 Å². The summed E-state index contributed by atoms with van der Waals surface area (Å²) in [4.78, 5) is 29.2. The first-order valence-corrected chi connectivity index (χ1v) is 9.56. The van der Waals surface area contributed by atoms with Crippen LogP contribution in [0.1, 0.15) is 12.0 Å². The SMILES string of the molecule is O=C1NCCN(Cc2cccc3ccccc23)C1CC(=O)N1CCOCC1. The Labute approximate surface area is 159 Å². The van der Waals surface area contributed by atoms with Gasteiger partial charge in [-0.2, -0.15) is 0 Å². The molecule has 0 saturated carbocycles. The minimum Gasteiger partial charge on any atom is -0.378 e. The summed E-state index contributed by atoms with van der Waals surface area (Å²) < 4.78 is 5.32. The summed E-state index contributed by atoms with van der Waals surface area (Å²) in [6.07, 6.45) is 0.219. The summed E-state index contributed by atoms with van der Waals surface area (Å²) in [7, 11) is 0. The molecular weight excluding hydrogens is 342 g/mol. The van der Waals surface area contributed by atoms with Crippen LogP contribution in [0.15, 0.2) is 42.5 Å². The molecule has 6 heteroatoms. The number of piperazine rings is 1. The fourth-order valence-electron chi connectivity index (χ4n) is 3.93. The average Bonchev–Trinajstić information content (AvgIpc) is 2.71. The lowest BCUT2D eigenvalue weighted by Crippen LogP contribution is -2.56. The van der Waals surface area contributed by atoms with Crippen LogP contribution in [0.3, 0.4) is 0 Å². The van der Waals surface area contributed by atoms with Gasteiger partial charge in [-0.05, 0) is 16.3 Å². The first-order valence-electron chi connectivity index (χ1n) is 9.56. The lowest BCUT2D eigenvalue weighted by atomic mass is 10.0. The van der Waals surface area contributed by atoms with E-state index in [0.717, 1.165) is 6.54 Å². The van der Waals surface area contributed by atoms with E-state index in [2.05, 4.69) is 40.5 Å². The molecule has 4 rings (SSSR count). The fraction of sp³-hybridized carbons (Fsp3) is 0.429. The fourth-order valence-corrected chi connectivity index (χ4v) is 3.93. The second-order valence-electron chi connectivity index (χ2n) is 7.11. The van der Waals surface area contributed by atoms with Crippen LogP contribution in [0, 0.1) is 0 Å². The van der Waals surface area contributed by atoms with E-state index in [1.54, 1.807) is 0 Å². The molecule has 2 aromatic carbocycles. The van der Waals surface area contributed by atoms with Crippen LogP contribution in [-0.4, -0.2) is 67.0 Å². The minimum absolute atomic E-state index is 0.0308. The predicted octanol–water partition coefficient (Wildman–Crippen LogP) is 1.39. The largest absolute Gasteiger partial charge is 0.378 e. The molecule has 1 N–H and O–H groups in total. The standard InChI is InChI=1S/C21H25N3O3/c25-20(23-10-12-27-13-11-23)14-19-21(26)22-8-9-24(19)15-17-6-3-5-16-4-1-2-7-18(16)17/h1-7,19H,8-15H2,(H,22,26). The Balaban J connectivity index is 1.52. The van der Waals surface area contributed by atoms with Crippen LogP contribution in [-0.2, 0) is 20.9 Å². The molecule has 2 amide bonds. The van der Waals surface area contributed by atoms with E-state index in [0.29, 0.717) is 39.4 Å². The maximum absolute atomic E-state index is 12.7. The molecule has 6 nitrogen and oxygen atoms in total. The third-order valence-corrected chi connectivity index (χ3v) is 5.43. The van der Waals surface area contributed by atoms with Crippen molar-refractivity contribution in [3.8, 4) is 0 Å². The molecule has 0 radical (unpaired) electrons. The molecule has 27 heavy (non-hydrogen) atoms. The van der Waals surface area contributed by atoms with Gasteiger partial charge >= 0.3 is 0 Å². The number of carbonyl (C=O) groups is 2.